The van der Waals surface area contributed by atoms with Crippen LogP contribution in [0.3, 0.4) is 0 Å². The molecule has 0 unspecified atom stereocenters. The van der Waals surface area contributed by atoms with E-state index >= 15 is 0 Å². The molecule has 2 heterocycles. The monoisotopic (exact) mass is 590 g/mol. The molecule has 9 nitrogen and oxygen atoms in total. The number of carbonyl (C=O) groups is 2. The van der Waals surface area contributed by atoms with Crippen molar-refractivity contribution >= 4 is 40.0 Å². The number of hydrogen-bond donors (Lipinski definition) is 1. The number of benzene rings is 1. The summed E-state index contributed by atoms with van der Waals surface area (Å²) in [6.45, 7) is 3.28. The first-order valence-electron chi connectivity index (χ1n) is 11.4. The molecule has 0 bridgehead atoms. The van der Waals surface area contributed by atoms with Crippen LogP contribution in [-0.4, -0.2) is 43.4 Å². The Hall–Kier alpha value is -4.27. The molecule has 1 aromatic carbocycles. The van der Waals surface area contributed by atoms with Gasteiger partial charge in [0.2, 0.25) is 5.91 Å². The van der Waals surface area contributed by atoms with Gasteiger partial charge in [0.05, 0.1) is 49.0 Å². The minimum atomic E-state index is -4.88. The number of halogens is 3. The summed E-state index contributed by atoms with van der Waals surface area (Å²) in [6.07, 6.45) is -4.88. The van der Waals surface area contributed by atoms with Crippen molar-refractivity contribution in [1.82, 2.24) is 4.98 Å². The van der Waals surface area contributed by atoms with E-state index in [0.29, 0.717) is 23.1 Å². The van der Waals surface area contributed by atoms with Crippen LogP contribution in [0.1, 0.15) is 38.8 Å². The van der Waals surface area contributed by atoms with Gasteiger partial charge in [-0.1, -0.05) is 11.8 Å². The molecule has 0 spiro atoms. The molecule has 0 fully saturated rings. The minimum absolute atomic E-state index is 0.0667. The molecular formula is C26H21F3N4O5S2. The molecule has 0 saturated carbocycles. The van der Waals surface area contributed by atoms with Gasteiger partial charge in [-0.25, -0.2) is 9.78 Å². The number of nitrogens with zero attached hydrogens (tertiary/aromatic N) is 3. The van der Waals surface area contributed by atoms with Crippen molar-refractivity contribution < 1.29 is 37.0 Å². The molecule has 14 heteroatoms. The Morgan fingerprint density at radius 2 is 1.77 bits per heavy atom. The highest BCUT2D eigenvalue weighted by molar-refractivity contribution is 8.00. The van der Waals surface area contributed by atoms with E-state index in [0.717, 1.165) is 17.4 Å². The van der Waals surface area contributed by atoms with Crippen molar-refractivity contribution in [3.8, 4) is 34.9 Å². The van der Waals surface area contributed by atoms with Gasteiger partial charge < -0.3 is 19.5 Å². The molecule has 3 rings (SSSR count). The average molecular weight is 591 g/mol. The number of amides is 1. The van der Waals surface area contributed by atoms with Crippen LogP contribution >= 0.6 is 23.1 Å². The topological polar surface area (TPSA) is 134 Å². The molecule has 0 radical (unpaired) electrons. The summed E-state index contributed by atoms with van der Waals surface area (Å²) in [4.78, 5) is 29.3. The van der Waals surface area contributed by atoms with Gasteiger partial charge in [0.25, 0.3) is 0 Å². The van der Waals surface area contributed by atoms with Crippen LogP contribution in [0.4, 0.5) is 18.2 Å². The Kier molecular flexibility index (Phi) is 9.63. The zero-order valence-electron chi connectivity index (χ0n) is 21.6. The third kappa shape index (κ3) is 6.47. The number of aromatic nitrogens is 1. The number of nitrogens with one attached hydrogen (secondary N) is 1. The Labute approximate surface area is 235 Å². The second kappa shape index (κ2) is 12.7. The lowest BCUT2D eigenvalue weighted by Gasteiger charge is -2.15. The number of carbonyl (C=O) groups excluding carboxylic acids is 2. The van der Waals surface area contributed by atoms with Crippen molar-refractivity contribution in [2.45, 2.75) is 25.0 Å². The molecule has 0 aliphatic carbocycles. The summed E-state index contributed by atoms with van der Waals surface area (Å²) >= 11 is 1.47. The number of thioether (sulfide) groups is 1. The predicted molar refractivity (Wildman–Crippen MR) is 142 cm³/mol. The van der Waals surface area contributed by atoms with E-state index in [1.165, 1.54) is 39.3 Å². The smallest absolute Gasteiger partial charge is 0.417 e. The van der Waals surface area contributed by atoms with Crippen LogP contribution in [0.5, 0.6) is 11.5 Å². The number of thiophene rings is 1. The van der Waals surface area contributed by atoms with Gasteiger partial charge >= 0.3 is 12.1 Å². The number of methoxy groups -OCH3 is 2. The van der Waals surface area contributed by atoms with E-state index < -0.39 is 34.9 Å². The van der Waals surface area contributed by atoms with Gasteiger partial charge in [0.1, 0.15) is 27.0 Å². The predicted octanol–water partition coefficient (Wildman–Crippen LogP) is 5.81. The molecule has 2 aromatic heterocycles. The number of pyridine rings is 1. The normalized spacial score (nSPS) is 10.8. The van der Waals surface area contributed by atoms with Crippen molar-refractivity contribution in [3.63, 3.8) is 0 Å². The third-order valence-electron chi connectivity index (χ3n) is 5.40. The van der Waals surface area contributed by atoms with Gasteiger partial charge in [-0.3, -0.25) is 4.79 Å². The van der Waals surface area contributed by atoms with Crippen LogP contribution < -0.4 is 14.8 Å². The van der Waals surface area contributed by atoms with Crippen LogP contribution in [0.2, 0.25) is 0 Å². The van der Waals surface area contributed by atoms with Crippen molar-refractivity contribution in [2.24, 2.45) is 0 Å². The highest BCUT2D eigenvalue weighted by Gasteiger charge is 2.36. The molecule has 0 atom stereocenters. The number of hydrogen-bond acceptors (Lipinski definition) is 10. The zero-order chi connectivity index (χ0) is 29.6. The quantitative estimate of drug-likeness (QED) is 0.242. The average Bonchev–Trinajstić information content (AvgIpc) is 3.24. The number of anilines is 1. The number of esters is 1. The second-order valence-corrected chi connectivity index (χ2v) is 9.83. The summed E-state index contributed by atoms with van der Waals surface area (Å²) in [5.74, 6) is -1.16. The highest BCUT2D eigenvalue weighted by atomic mass is 32.2. The summed E-state index contributed by atoms with van der Waals surface area (Å²) < 4.78 is 57.1. The molecule has 1 amide bonds. The standard InChI is InChI=1S/C26H21F3N4O5S2/c1-5-38-25(35)22-13(2)15(10-30)24(40-22)33-21(34)12-39-23-16(11-31)17(26(27,28)29)9-18(32-23)14-6-7-19(36-3)20(8-14)37-4/h6-9H,5,12H2,1-4H3,(H,33,34). The fourth-order valence-electron chi connectivity index (χ4n) is 3.53. The second-order valence-electron chi connectivity index (χ2n) is 7.84. The fraction of sp³-hybridized carbons (Fsp3) is 0.269. The molecule has 208 valence electrons. The summed E-state index contributed by atoms with van der Waals surface area (Å²) in [5, 5.41) is 21.4. The van der Waals surface area contributed by atoms with E-state index in [1.807, 2.05) is 6.07 Å². The molecular weight excluding hydrogens is 569 g/mol. The maximum absolute atomic E-state index is 13.9. The first-order chi connectivity index (χ1) is 19.0. The van der Waals surface area contributed by atoms with Gasteiger partial charge in [-0.15, -0.1) is 11.3 Å². The highest BCUT2D eigenvalue weighted by Crippen LogP contribution is 2.40. The first-order valence-corrected chi connectivity index (χ1v) is 13.2. The van der Waals surface area contributed by atoms with Gasteiger partial charge in [-0.05, 0) is 43.7 Å². The van der Waals surface area contributed by atoms with Crippen LogP contribution in [0.15, 0.2) is 29.3 Å². The summed E-state index contributed by atoms with van der Waals surface area (Å²) in [5.41, 5.74) is -1.38. The molecule has 40 heavy (non-hydrogen) atoms. The molecule has 1 N–H and O–H groups in total. The Morgan fingerprint density at radius 3 is 2.35 bits per heavy atom. The molecule has 0 aliphatic rings. The lowest BCUT2D eigenvalue weighted by molar-refractivity contribution is -0.138. The number of alkyl halides is 3. The van der Waals surface area contributed by atoms with E-state index in [9.17, 15) is 33.3 Å². The fourth-order valence-corrected chi connectivity index (χ4v) is 5.40. The van der Waals surface area contributed by atoms with E-state index in [4.69, 9.17) is 14.2 Å². The number of rotatable bonds is 9. The SMILES string of the molecule is CCOC(=O)c1sc(NC(=O)CSc2nc(-c3ccc(OC)c(OC)c3)cc(C(F)(F)F)c2C#N)c(C#N)c1C. The Bertz CT molecular complexity index is 1540. The minimum Gasteiger partial charge on any atom is -0.493 e. The van der Waals surface area contributed by atoms with E-state index in [1.54, 1.807) is 13.0 Å². The lowest BCUT2D eigenvalue weighted by atomic mass is 10.0. The Morgan fingerprint density at radius 1 is 1.10 bits per heavy atom. The van der Waals surface area contributed by atoms with Crippen LogP contribution in [0.25, 0.3) is 11.3 Å². The summed E-state index contributed by atoms with van der Waals surface area (Å²) in [7, 11) is 2.78. The van der Waals surface area contributed by atoms with Crippen LogP contribution in [-0.2, 0) is 15.7 Å². The Balaban J connectivity index is 1.95. The van der Waals surface area contributed by atoms with Gasteiger partial charge in [0.15, 0.2) is 11.5 Å². The molecule has 0 aliphatic heterocycles. The lowest BCUT2D eigenvalue weighted by Crippen LogP contribution is -2.15. The largest absolute Gasteiger partial charge is 0.493 e. The summed E-state index contributed by atoms with van der Waals surface area (Å²) in [6, 6.07) is 8.66. The van der Waals surface area contributed by atoms with Crippen molar-refractivity contribution in [1.29, 1.82) is 10.5 Å². The van der Waals surface area contributed by atoms with Gasteiger partial charge in [-0.2, -0.15) is 23.7 Å². The molecule has 3 aromatic rings. The van der Waals surface area contributed by atoms with E-state index in [-0.39, 0.29) is 44.1 Å². The number of ether oxygens (including phenoxy) is 3. The third-order valence-corrected chi connectivity index (χ3v) is 7.56. The number of nitriles is 2. The van der Waals surface area contributed by atoms with Crippen molar-refractivity contribution in [2.75, 3.05) is 31.9 Å². The first kappa shape index (κ1) is 30.3. The van der Waals surface area contributed by atoms with Crippen LogP contribution in [0, 0.1) is 29.6 Å². The zero-order valence-corrected chi connectivity index (χ0v) is 23.2. The maximum atomic E-state index is 13.9. The van der Waals surface area contributed by atoms with E-state index in [2.05, 4.69) is 10.3 Å². The maximum Gasteiger partial charge on any atom is 0.417 e. The molecule has 0 saturated heterocycles. The van der Waals surface area contributed by atoms with Gasteiger partial charge in [0, 0.05) is 5.56 Å². The van der Waals surface area contributed by atoms with Crippen molar-refractivity contribution in [3.05, 3.63) is 51.4 Å².